The molecule has 0 aliphatic heterocycles. The quantitative estimate of drug-likeness (QED) is 0.673. The summed E-state index contributed by atoms with van der Waals surface area (Å²) in [5.41, 5.74) is -1.30. The maximum absolute atomic E-state index is 13.2. The van der Waals surface area contributed by atoms with Crippen LogP contribution >= 0.6 is 0 Å². The summed E-state index contributed by atoms with van der Waals surface area (Å²) in [6.45, 7) is 1.77. The summed E-state index contributed by atoms with van der Waals surface area (Å²) in [5, 5.41) is 8.75. The maximum atomic E-state index is 13.2. The predicted octanol–water partition coefficient (Wildman–Crippen LogP) is 2.95. The minimum Gasteiger partial charge on any atom is -0.461 e. The van der Waals surface area contributed by atoms with Crippen LogP contribution in [0.15, 0.2) is 24.4 Å². The minimum absolute atomic E-state index is 0.0536. The number of rotatable bonds is 2. The van der Waals surface area contributed by atoms with Gasteiger partial charge < -0.3 is 4.74 Å². The first kappa shape index (κ1) is 15.7. The lowest BCUT2D eigenvalue weighted by molar-refractivity contribution is -0.136. The first-order chi connectivity index (χ1) is 11.3. The fourth-order valence-corrected chi connectivity index (χ4v) is 2.32. The molecular formula is C15H9F3N4O2. The van der Waals surface area contributed by atoms with Gasteiger partial charge in [0.2, 0.25) is 0 Å². The van der Waals surface area contributed by atoms with Crippen molar-refractivity contribution < 1.29 is 22.7 Å². The molecule has 0 unspecified atom stereocenters. The van der Waals surface area contributed by atoms with Crippen molar-refractivity contribution in [2.24, 2.45) is 0 Å². The van der Waals surface area contributed by atoms with Gasteiger partial charge in [-0.25, -0.2) is 14.8 Å². The lowest BCUT2D eigenvalue weighted by Gasteiger charge is -2.11. The summed E-state index contributed by atoms with van der Waals surface area (Å²) in [7, 11) is 0. The monoisotopic (exact) mass is 334 g/mol. The molecule has 0 bridgehead atoms. The van der Waals surface area contributed by atoms with Gasteiger partial charge in [0.25, 0.3) is 0 Å². The second-order valence-electron chi connectivity index (χ2n) is 4.81. The molecule has 0 saturated carbocycles. The largest absolute Gasteiger partial charge is 0.461 e. The van der Waals surface area contributed by atoms with Crippen LogP contribution < -0.4 is 0 Å². The van der Waals surface area contributed by atoms with E-state index < -0.39 is 17.7 Å². The summed E-state index contributed by atoms with van der Waals surface area (Å²) in [4.78, 5) is 19.7. The topological polar surface area (TPSA) is 80.3 Å². The van der Waals surface area contributed by atoms with E-state index in [4.69, 9.17) is 10.00 Å². The first-order valence-corrected chi connectivity index (χ1v) is 6.82. The van der Waals surface area contributed by atoms with Gasteiger partial charge in [-0.15, -0.1) is 0 Å². The Morgan fingerprint density at radius 1 is 1.38 bits per heavy atom. The number of nitriles is 1. The molecule has 0 aromatic carbocycles. The average molecular weight is 334 g/mol. The van der Waals surface area contributed by atoms with Crippen molar-refractivity contribution in [1.29, 1.82) is 5.26 Å². The van der Waals surface area contributed by atoms with Gasteiger partial charge in [-0.2, -0.15) is 18.4 Å². The van der Waals surface area contributed by atoms with Crippen molar-refractivity contribution in [1.82, 2.24) is 14.4 Å². The van der Waals surface area contributed by atoms with E-state index in [-0.39, 0.29) is 34.7 Å². The van der Waals surface area contributed by atoms with Crippen molar-refractivity contribution in [3.8, 4) is 6.07 Å². The van der Waals surface area contributed by atoms with Gasteiger partial charge in [-0.05, 0) is 25.1 Å². The third kappa shape index (κ3) is 2.52. The Balaban J connectivity index is 2.34. The van der Waals surface area contributed by atoms with Crippen LogP contribution in [0.2, 0.25) is 0 Å². The van der Waals surface area contributed by atoms with Gasteiger partial charge in [0.1, 0.15) is 23.1 Å². The fraction of sp³-hybridized carbons (Fsp3) is 0.200. The van der Waals surface area contributed by atoms with E-state index in [1.165, 1.54) is 22.7 Å². The molecule has 3 aromatic rings. The first-order valence-electron chi connectivity index (χ1n) is 6.82. The predicted molar refractivity (Wildman–Crippen MR) is 76.2 cm³/mol. The number of carbonyl (C=O) groups excluding carboxylic acids is 1. The van der Waals surface area contributed by atoms with Gasteiger partial charge >= 0.3 is 12.1 Å². The molecule has 0 aliphatic carbocycles. The normalized spacial score (nSPS) is 11.6. The molecule has 9 heteroatoms. The Morgan fingerprint density at radius 2 is 2.12 bits per heavy atom. The Morgan fingerprint density at radius 3 is 2.75 bits per heavy atom. The molecule has 3 aromatic heterocycles. The van der Waals surface area contributed by atoms with E-state index >= 15 is 0 Å². The number of ether oxygens (including phenoxy) is 1. The lowest BCUT2D eigenvalue weighted by atomic mass is 10.1. The molecule has 0 amide bonds. The zero-order valence-corrected chi connectivity index (χ0v) is 12.3. The highest BCUT2D eigenvalue weighted by Gasteiger charge is 2.34. The molecule has 3 heterocycles. The van der Waals surface area contributed by atoms with Crippen LogP contribution in [0.4, 0.5) is 13.2 Å². The summed E-state index contributed by atoms with van der Waals surface area (Å²) >= 11 is 0. The Labute approximate surface area is 133 Å². The number of pyridine rings is 2. The summed E-state index contributed by atoms with van der Waals surface area (Å²) in [5.74, 6) is -0.693. The number of aromatic nitrogens is 3. The van der Waals surface area contributed by atoms with Crippen LogP contribution in [0.5, 0.6) is 0 Å². The van der Waals surface area contributed by atoms with Crippen molar-refractivity contribution in [3.63, 3.8) is 0 Å². The summed E-state index contributed by atoms with van der Waals surface area (Å²) in [6.07, 6.45) is -3.41. The number of esters is 1. The molecule has 0 aliphatic rings. The summed E-state index contributed by atoms with van der Waals surface area (Å²) in [6, 6.07) is 4.85. The molecular weight excluding hydrogens is 325 g/mol. The zero-order valence-electron chi connectivity index (χ0n) is 12.3. The van der Waals surface area contributed by atoms with Crippen LogP contribution in [0.3, 0.4) is 0 Å². The lowest BCUT2D eigenvalue weighted by Crippen LogP contribution is -2.08. The highest BCUT2D eigenvalue weighted by atomic mass is 19.4. The van der Waals surface area contributed by atoms with Crippen LogP contribution in [0.25, 0.3) is 16.7 Å². The van der Waals surface area contributed by atoms with Crippen LogP contribution in [-0.2, 0) is 10.9 Å². The standard InChI is InChI=1S/C15H9F3N4O2/c1-2-24-14(23)11-7-22-12(21-11)4-3-9-10(15(16,17)18)5-8(6-19)20-13(9)22/h3-5,7H,2H2,1H3. The van der Waals surface area contributed by atoms with Crippen LogP contribution in [0, 0.1) is 11.3 Å². The third-order valence-electron chi connectivity index (χ3n) is 3.30. The van der Waals surface area contributed by atoms with E-state index in [2.05, 4.69) is 9.97 Å². The number of fused-ring (bicyclic) bond motifs is 3. The Kier molecular flexibility index (Phi) is 3.60. The van der Waals surface area contributed by atoms with E-state index in [1.807, 2.05) is 0 Å². The van der Waals surface area contributed by atoms with E-state index in [0.29, 0.717) is 6.07 Å². The van der Waals surface area contributed by atoms with Gasteiger partial charge in [-0.3, -0.25) is 4.40 Å². The van der Waals surface area contributed by atoms with Crippen LogP contribution in [0.1, 0.15) is 28.7 Å². The molecule has 0 fully saturated rings. The number of alkyl halides is 3. The Hall–Kier alpha value is -3.15. The second-order valence-corrected chi connectivity index (χ2v) is 4.81. The molecule has 0 N–H and O–H groups in total. The highest BCUT2D eigenvalue weighted by molar-refractivity contribution is 5.90. The molecule has 0 atom stereocenters. The van der Waals surface area contributed by atoms with Crippen LogP contribution in [-0.4, -0.2) is 26.9 Å². The van der Waals surface area contributed by atoms with Crippen molar-refractivity contribution in [2.45, 2.75) is 13.1 Å². The Bertz CT molecular complexity index is 1000. The minimum atomic E-state index is -4.65. The molecule has 0 saturated heterocycles. The molecule has 0 spiro atoms. The number of carbonyl (C=O) groups is 1. The zero-order chi connectivity index (χ0) is 17.5. The number of hydrogen-bond donors (Lipinski definition) is 0. The second kappa shape index (κ2) is 5.49. The highest BCUT2D eigenvalue weighted by Crippen LogP contribution is 2.35. The van der Waals surface area contributed by atoms with Crippen molar-refractivity contribution in [2.75, 3.05) is 6.61 Å². The average Bonchev–Trinajstić information content (AvgIpc) is 2.97. The number of imidazole rings is 1. The molecule has 3 rings (SSSR count). The van der Waals surface area contributed by atoms with Crippen molar-refractivity contribution in [3.05, 3.63) is 41.3 Å². The molecule has 6 nitrogen and oxygen atoms in total. The molecule has 122 valence electrons. The van der Waals surface area contributed by atoms with E-state index in [9.17, 15) is 18.0 Å². The molecule has 0 radical (unpaired) electrons. The molecule has 24 heavy (non-hydrogen) atoms. The fourth-order valence-electron chi connectivity index (χ4n) is 2.32. The smallest absolute Gasteiger partial charge is 0.417 e. The SMILES string of the molecule is CCOC(=O)c1cn2c(ccc3c(C(F)(F)F)cc(C#N)nc32)n1. The maximum Gasteiger partial charge on any atom is 0.417 e. The van der Waals surface area contributed by atoms with Gasteiger partial charge in [-0.1, -0.05) is 0 Å². The number of nitrogens with zero attached hydrogens (tertiary/aromatic N) is 4. The summed E-state index contributed by atoms with van der Waals surface area (Å²) < 4.78 is 45.8. The van der Waals surface area contributed by atoms with E-state index in [0.717, 1.165) is 0 Å². The number of halogens is 3. The van der Waals surface area contributed by atoms with E-state index in [1.54, 1.807) is 13.0 Å². The van der Waals surface area contributed by atoms with Gasteiger partial charge in [0.05, 0.1) is 12.2 Å². The third-order valence-corrected chi connectivity index (χ3v) is 3.30. The van der Waals surface area contributed by atoms with Gasteiger partial charge in [0.15, 0.2) is 5.69 Å². The van der Waals surface area contributed by atoms with Crippen molar-refractivity contribution >= 4 is 22.6 Å². The number of hydrogen-bond acceptors (Lipinski definition) is 5. The van der Waals surface area contributed by atoms with Gasteiger partial charge in [0, 0.05) is 11.6 Å².